The van der Waals surface area contributed by atoms with Gasteiger partial charge in [0.05, 0.1) is 10.9 Å². The highest BCUT2D eigenvalue weighted by atomic mass is 32.1. The first-order chi connectivity index (χ1) is 14.4. The van der Waals surface area contributed by atoms with Crippen LogP contribution in [0.2, 0.25) is 0 Å². The zero-order chi connectivity index (χ0) is 21.5. The first kappa shape index (κ1) is 21.4. The summed E-state index contributed by atoms with van der Waals surface area (Å²) in [4.78, 5) is 39.0. The third-order valence-electron chi connectivity index (χ3n) is 4.64. The van der Waals surface area contributed by atoms with Crippen LogP contribution in [0.15, 0.2) is 53.3 Å². The Morgan fingerprint density at radius 1 is 1.00 bits per heavy atom. The van der Waals surface area contributed by atoms with Gasteiger partial charge < -0.3 is 15.6 Å². The van der Waals surface area contributed by atoms with E-state index in [1.165, 1.54) is 6.92 Å². The molecule has 8 heteroatoms. The Labute approximate surface area is 179 Å². The van der Waals surface area contributed by atoms with Gasteiger partial charge in [0.15, 0.2) is 4.77 Å². The van der Waals surface area contributed by atoms with Crippen LogP contribution in [-0.4, -0.2) is 21.4 Å². The molecule has 1 aromatic heterocycles. The van der Waals surface area contributed by atoms with E-state index in [1.807, 2.05) is 18.2 Å². The number of H-pyrrole nitrogens is 1. The van der Waals surface area contributed by atoms with Crippen LogP contribution in [0.25, 0.3) is 10.9 Å². The van der Waals surface area contributed by atoms with Crippen LogP contribution in [0.3, 0.4) is 0 Å². The second-order valence-electron chi connectivity index (χ2n) is 7.05. The number of aromatic amines is 1. The van der Waals surface area contributed by atoms with E-state index in [1.54, 1.807) is 34.9 Å². The molecule has 0 aliphatic rings. The quantitative estimate of drug-likeness (QED) is 0.373. The second-order valence-corrected chi connectivity index (χ2v) is 7.44. The lowest BCUT2D eigenvalue weighted by molar-refractivity contribution is -0.116. The first-order valence-corrected chi connectivity index (χ1v) is 10.2. The fraction of sp³-hybridized carbons (Fsp3) is 0.273. The Balaban J connectivity index is 1.47. The Kier molecular flexibility index (Phi) is 7.13. The fourth-order valence-electron chi connectivity index (χ4n) is 3.24. The van der Waals surface area contributed by atoms with Crippen LogP contribution < -0.4 is 16.2 Å². The average molecular weight is 425 g/mol. The highest BCUT2D eigenvalue weighted by Gasteiger charge is 2.06. The maximum Gasteiger partial charge on any atom is 0.262 e. The number of nitrogens with one attached hydrogen (secondary N) is 3. The Bertz CT molecular complexity index is 1180. The highest BCUT2D eigenvalue weighted by molar-refractivity contribution is 7.71. The molecule has 0 aliphatic carbocycles. The van der Waals surface area contributed by atoms with Crippen molar-refractivity contribution in [1.82, 2.24) is 9.55 Å². The number of amides is 2. The van der Waals surface area contributed by atoms with Crippen molar-refractivity contribution in [3.63, 3.8) is 0 Å². The SMILES string of the molecule is CC(=O)Nc1cccc(NC(=O)CCCCCn2c(=S)[nH]c3ccccc3c2=O)c1. The van der Waals surface area contributed by atoms with E-state index in [4.69, 9.17) is 12.2 Å². The highest BCUT2D eigenvalue weighted by Crippen LogP contribution is 2.16. The third kappa shape index (κ3) is 5.64. The number of unbranched alkanes of at least 4 members (excludes halogenated alkanes) is 2. The molecular formula is C22H24N4O3S. The minimum absolute atomic E-state index is 0.0878. The van der Waals surface area contributed by atoms with E-state index in [0.29, 0.717) is 40.9 Å². The van der Waals surface area contributed by atoms with Crippen molar-refractivity contribution in [2.75, 3.05) is 10.6 Å². The molecular weight excluding hydrogens is 400 g/mol. The third-order valence-corrected chi connectivity index (χ3v) is 4.96. The second kappa shape index (κ2) is 9.98. The van der Waals surface area contributed by atoms with E-state index >= 15 is 0 Å². The van der Waals surface area contributed by atoms with E-state index in [0.717, 1.165) is 18.4 Å². The smallest absolute Gasteiger partial charge is 0.262 e. The number of anilines is 2. The van der Waals surface area contributed by atoms with Gasteiger partial charge >= 0.3 is 0 Å². The van der Waals surface area contributed by atoms with E-state index in [-0.39, 0.29) is 17.4 Å². The molecule has 0 spiro atoms. The van der Waals surface area contributed by atoms with Gasteiger partial charge in [0.1, 0.15) is 0 Å². The molecule has 2 amide bonds. The zero-order valence-electron chi connectivity index (χ0n) is 16.7. The number of aromatic nitrogens is 2. The van der Waals surface area contributed by atoms with Crippen LogP contribution >= 0.6 is 12.2 Å². The van der Waals surface area contributed by atoms with Crippen molar-refractivity contribution < 1.29 is 9.59 Å². The molecule has 0 unspecified atom stereocenters. The summed E-state index contributed by atoms with van der Waals surface area (Å²) in [5.41, 5.74) is 1.92. The molecule has 0 saturated carbocycles. The molecule has 0 radical (unpaired) electrons. The normalized spacial score (nSPS) is 10.7. The lowest BCUT2D eigenvalue weighted by Gasteiger charge is -2.09. The van der Waals surface area contributed by atoms with Crippen molar-refractivity contribution in [2.24, 2.45) is 0 Å². The van der Waals surface area contributed by atoms with E-state index in [9.17, 15) is 14.4 Å². The first-order valence-electron chi connectivity index (χ1n) is 9.83. The lowest BCUT2D eigenvalue weighted by Crippen LogP contribution is -2.22. The van der Waals surface area contributed by atoms with Crippen LogP contribution in [0.1, 0.15) is 32.6 Å². The maximum absolute atomic E-state index is 12.6. The van der Waals surface area contributed by atoms with Gasteiger partial charge in [-0.15, -0.1) is 0 Å². The molecule has 30 heavy (non-hydrogen) atoms. The molecule has 0 bridgehead atoms. The maximum atomic E-state index is 12.6. The molecule has 0 saturated heterocycles. The summed E-state index contributed by atoms with van der Waals surface area (Å²) in [5, 5.41) is 6.14. The van der Waals surface area contributed by atoms with Crippen LogP contribution in [0.4, 0.5) is 11.4 Å². The zero-order valence-corrected chi connectivity index (χ0v) is 17.6. The van der Waals surface area contributed by atoms with Crippen LogP contribution in [0, 0.1) is 4.77 Å². The Morgan fingerprint density at radius 3 is 2.50 bits per heavy atom. The molecule has 0 fully saturated rings. The number of hydrogen-bond acceptors (Lipinski definition) is 4. The van der Waals surface area contributed by atoms with Gasteiger partial charge in [0.25, 0.3) is 5.56 Å². The van der Waals surface area contributed by atoms with Gasteiger partial charge in [-0.2, -0.15) is 0 Å². The summed E-state index contributed by atoms with van der Waals surface area (Å²) in [6, 6.07) is 14.3. The van der Waals surface area contributed by atoms with Gasteiger partial charge in [0, 0.05) is 31.3 Å². The molecule has 7 nitrogen and oxygen atoms in total. The number of rotatable bonds is 8. The van der Waals surface area contributed by atoms with Crippen molar-refractivity contribution in [3.8, 4) is 0 Å². The molecule has 2 aromatic carbocycles. The fourth-order valence-corrected chi connectivity index (χ4v) is 3.52. The average Bonchev–Trinajstić information content (AvgIpc) is 2.69. The topological polar surface area (TPSA) is 96.0 Å². The van der Waals surface area contributed by atoms with Crippen molar-refractivity contribution in [1.29, 1.82) is 0 Å². The van der Waals surface area contributed by atoms with E-state index in [2.05, 4.69) is 15.6 Å². The van der Waals surface area contributed by atoms with Gasteiger partial charge in [0.2, 0.25) is 11.8 Å². The molecule has 1 heterocycles. The minimum Gasteiger partial charge on any atom is -0.332 e. The van der Waals surface area contributed by atoms with Gasteiger partial charge in [-0.1, -0.05) is 24.6 Å². The number of benzene rings is 2. The minimum atomic E-state index is -0.163. The summed E-state index contributed by atoms with van der Waals surface area (Å²) < 4.78 is 1.99. The predicted octanol–water partition coefficient (Wildman–Crippen LogP) is 4.22. The van der Waals surface area contributed by atoms with E-state index < -0.39 is 0 Å². The number of carbonyl (C=O) groups is 2. The number of nitrogens with zero attached hydrogens (tertiary/aromatic N) is 1. The summed E-state index contributed by atoms with van der Waals surface area (Å²) in [6.07, 6.45) is 2.63. The van der Waals surface area contributed by atoms with Gasteiger partial charge in [-0.3, -0.25) is 19.0 Å². The number of fused-ring (bicyclic) bond motifs is 1. The summed E-state index contributed by atoms with van der Waals surface area (Å²) in [7, 11) is 0. The summed E-state index contributed by atoms with van der Waals surface area (Å²) in [6.45, 7) is 1.95. The number of hydrogen-bond donors (Lipinski definition) is 3. The molecule has 3 aromatic rings. The summed E-state index contributed by atoms with van der Waals surface area (Å²) in [5.74, 6) is -0.251. The molecule has 0 atom stereocenters. The molecule has 3 rings (SSSR count). The lowest BCUT2D eigenvalue weighted by atomic mass is 10.1. The van der Waals surface area contributed by atoms with Crippen molar-refractivity contribution in [3.05, 3.63) is 63.7 Å². The van der Waals surface area contributed by atoms with Crippen LogP contribution in [-0.2, 0) is 16.1 Å². The summed E-state index contributed by atoms with van der Waals surface area (Å²) >= 11 is 5.31. The Hall–Kier alpha value is -3.26. The number of para-hydroxylation sites is 1. The largest absolute Gasteiger partial charge is 0.332 e. The predicted molar refractivity (Wildman–Crippen MR) is 121 cm³/mol. The van der Waals surface area contributed by atoms with Gasteiger partial charge in [-0.05, 0) is 55.4 Å². The molecule has 0 aliphatic heterocycles. The van der Waals surface area contributed by atoms with Crippen molar-refractivity contribution >= 4 is 46.3 Å². The van der Waals surface area contributed by atoms with Gasteiger partial charge in [-0.25, -0.2) is 0 Å². The van der Waals surface area contributed by atoms with Crippen LogP contribution in [0.5, 0.6) is 0 Å². The van der Waals surface area contributed by atoms with Crippen molar-refractivity contribution in [2.45, 2.75) is 39.2 Å². The monoisotopic (exact) mass is 424 g/mol. The molecule has 3 N–H and O–H groups in total. The molecule has 156 valence electrons. The number of carbonyl (C=O) groups excluding carboxylic acids is 2. The standard InChI is InChI=1S/C22H24N4O3S/c1-15(27)23-16-8-7-9-17(14-16)24-20(28)12-3-2-6-13-26-21(29)18-10-4-5-11-19(18)25-22(26)30/h4-5,7-11,14H,2-3,6,12-13H2,1H3,(H,23,27)(H,24,28)(H,25,30). The Morgan fingerprint density at radius 2 is 1.73 bits per heavy atom.